The molecule has 0 spiro atoms. The van der Waals surface area contributed by atoms with Gasteiger partial charge < -0.3 is 0 Å². The van der Waals surface area contributed by atoms with Gasteiger partial charge in [-0.2, -0.15) is 0 Å². The van der Waals surface area contributed by atoms with Crippen molar-refractivity contribution in [3.8, 4) is 0 Å². The topological polar surface area (TPSA) is 0 Å². The Morgan fingerprint density at radius 3 is 2.40 bits per heavy atom. The van der Waals surface area contributed by atoms with Crippen LogP contribution in [0.5, 0.6) is 0 Å². The molecular weight excluding hydrogens is 136 g/mol. The summed E-state index contributed by atoms with van der Waals surface area (Å²) in [6.07, 6.45) is 1.11. The standard InChI is InChI=1S/C9H11Si/c1-8(10)7-9-5-3-2-4-6-9/h2-6,8H,7H2,1H3. The summed E-state index contributed by atoms with van der Waals surface area (Å²) >= 11 is 0. The Balaban J connectivity index is 2.59. The summed E-state index contributed by atoms with van der Waals surface area (Å²) in [7, 11) is 3.56. The average molecular weight is 147 g/mol. The minimum atomic E-state index is 0.572. The highest BCUT2D eigenvalue weighted by Crippen LogP contribution is 2.08. The molecule has 0 saturated carbocycles. The van der Waals surface area contributed by atoms with E-state index in [2.05, 4.69) is 41.4 Å². The summed E-state index contributed by atoms with van der Waals surface area (Å²) in [5.74, 6) is 0. The number of benzene rings is 1. The maximum Gasteiger partial charge on any atom is 0.0266 e. The van der Waals surface area contributed by atoms with Gasteiger partial charge in [0.15, 0.2) is 0 Å². The zero-order valence-electron chi connectivity index (χ0n) is 6.17. The molecule has 1 aromatic carbocycles. The van der Waals surface area contributed by atoms with Crippen molar-refractivity contribution in [2.45, 2.75) is 18.9 Å². The fourth-order valence-electron chi connectivity index (χ4n) is 0.968. The third kappa shape index (κ3) is 2.36. The minimum Gasteiger partial charge on any atom is -0.0653 e. The second-order valence-electron chi connectivity index (χ2n) is 2.59. The summed E-state index contributed by atoms with van der Waals surface area (Å²) in [6, 6.07) is 10.5. The van der Waals surface area contributed by atoms with E-state index in [1.165, 1.54) is 5.56 Å². The molecule has 0 nitrogen and oxygen atoms in total. The van der Waals surface area contributed by atoms with Crippen molar-refractivity contribution in [2.75, 3.05) is 0 Å². The lowest BCUT2D eigenvalue weighted by Gasteiger charge is -2.02. The van der Waals surface area contributed by atoms with Crippen LogP contribution in [0, 0.1) is 0 Å². The molecule has 0 N–H and O–H groups in total. The summed E-state index contributed by atoms with van der Waals surface area (Å²) in [6.45, 7) is 2.16. The van der Waals surface area contributed by atoms with Crippen molar-refractivity contribution >= 4 is 10.2 Å². The summed E-state index contributed by atoms with van der Waals surface area (Å²) < 4.78 is 0. The molecule has 1 aromatic rings. The van der Waals surface area contributed by atoms with Gasteiger partial charge in [-0.1, -0.05) is 42.8 Å². The van der Waals surface area contributed by atoms with E-state index in [0.717, 1.165) is 6.42 Å². The maximum absolute atomic E-state index is 3.56. The fraction of sp³-hybridized carbons (Fsp3) is 0.333. The Morgan fingerprint density at radius 1 is 1.30 bits per heavy atom. The van der Waals surface area contributed by atoms with E-state index in [1.54, 1.807) is 0 Å². The molecule has 3 radical (unpaired) electrons. The van der Waals surface area contributed by atoms with Gasteiger partial charge in [-0.05, 0) is 12.0 Å². The van der Waals surface area contributed by atoms with Gasteiger partial charge in [0.25, 0.3) is 0 Å². The van der Waals surface area contributed by atoms with Gasteiger partial charge in [0.05, 0.1) is 0 Å². The number of rotatable bonds is 2. The predicted octanol–water partition coefficient (Wildman–Crippen LogP) is 2.21. The Bertz CT molecular complexity index is 179. The largest absolute Gasteiger partial charge is 0.0653 e. The van der Waals surface area contributed by atoms with Gasteiger partial charge >= 0.3 is 0 Å². The minimum absolute atomic E-state index is 0.572. The molecule has 0 fully saturated rings. The van der Waals surface area contributed by atoms with Crippen LogP contribution in [0.15, 0.2) is 30.3 Å². The molecule has 0 saturated heterocycles. The van der Waals surface area contributed by atoms with Gasteiger partial charge in [0.2, 0.25) is 0 Å². The summed E-state index contributed by atoms with van der Waals surface area (Å²) in [5.41, 5.74) is 1.97. The van der Waals surface area contributed by atoms with Crippen LogP contribution in [0.4, 0.5) is 0 Å². The average Bonchev–Trinajstić information content (AvgIpc) is 1.88. The van der Waals surface area contributed by atoms with Crippen molar-refractivity contribution in [1.29, 1.82) is 0 Å². The molecule has 1 heteroatoms. The van der Waals surface area contributed by atoms with E-state index < -0.39 is 0 Å². The first-order valence-corrected chi connectivity index (χ1v) is 4.12. The smallest absolute Gasteiger partial charge is 0.0266 e. The van der Waals surface area contributed by atoms with Crippen molar-refractivity contribution in [3.63, 3.8) is 0 Å². The van der Waals surface area contributed by atoms with E-state index in [9.17, 15) is 0 Å². The highest BCUT2D eigenvalue weighted by atomic mass is 28.1. The lowest BCUT2D eigenvalue weighted by atomic mass is 10.1. The third-order valence-corrected chi connectivity index (χ3v) is 1.59. The first-order chi connectivity index (χ1) is 4.79. The molecule has 1 atom stereocenters. The quantitative estimate of drug-likeness (QED) is 0.563. The molecule has 1 unspecified atom stereocenters. The number of hydrogen-bond acceptors (Lipinski definition) is 0. The van der Waals surface area contributed by atoms with Gasteiger partial charge in [0, 0.05) is 10.2 Å². The molecule has 51 valence electrons. The lowest BCUT2D eigenvalue weighted by molar-refractivity contribution is 0.916. The van der Waals surface area contributed by atoms with E-state index in [1.807, 2.05) is 6.07 Å². The molecule has 1 rings (SSSR count). The van der Waals surface area contributed by atoms with Crippen LogP contribution >= 0.6 is 0 Å². The Labute approximate surface area is 65.7 Å². The van der Waals surface area contributed by atoms with E-state index in [0.29, 0.717) is 5.54 Å². The van der Waals surface area contributed by atoms with Gasteiger partial charge in [-0.15, -0.1) is 0 Å². The monoisotopic (exact) mass is 147 g/mol. The zero-order chi connectivity index (χ0) is 7.40. The van der Waals surface area contributed by atoms with Crippen molar-refractivity contribution in [1.82, 2.24) is 0 Å². The van der Waals surface area contributed by atoms with Crippen LogP contribution < -0.4 is 0 Å². The van der Waals surface area contributed by atoms with Crippen molar-refractivity contribution in [2.24, 2.45) is 0 Å². The highest BCUT2D eigenvalue weighted by Gasteiger charge is 1.94. The second-order valence-corrected chi connectivity index (χ2v) is 3.58. The lowest BCUT2D eigenvalue weighted by Crippen LogP contribution is -1.90. The number of hydrogen-bond donors (Lipinski definition) is 0. The molecule has 0 heterocycles. The molecular formula is C9H11Si. The fourth-order valence-corrected chi connectivity index (χ4v) is 1.20. The van der Waals surface area contributed by atoms with Crippen LogP contribution in [-0.4, -0.2) is 10.2 Å². The highest BCUT2D eigenvalue weighted by molar-refractivity contribution is 6.11. The Hall–Kier alpha value is -0.563. The van der Waals surface area contributed by atoms with Crippen LogP contribution in [-0.2, 0) is 6.42 Å². The SMILES string of the molecule is CC([Si])Cc1ccccc1. The Kier molecular flexibility index (Phi) is 2.69. The van der Waals surface area contributed by atoms with Crippen LogP contribution in [0.3, 0.4) is 0 Å². The zero-order valence-corrected chi connectivity index (χ0v) is 7.17. The Morgan fingerprint density at radius 2 is 1.90 bits per heavy atom. The van der Waals surface area contributed by atoms with Gasteiger partial charge in [-0.3, -0.25) is 0 Å². The molecule has 0 amide bonds. The summed E-state index contributed by atoms with van der Waals surface area (Å²) in [4.78, 5) is 0. The van der Waals surface area contributed by atoms with E-state index >= 15 is 0 Å². The van der Waals surface area contributed by atoms with Crippen LogP contribution in [0.2, 0.25) is 5.54 Å². The summed E-state index contributed by atoms with van der Waals surface area (Å²) in [5, 5.41) is 0. The van der Waals surface area contributed by atoms with Crippen molar-refractivity contribution in [3.05, 3.63) is 35.9 Å². The first-order valence-electron chi connectivity index (χ1n) is 3.54. The third-order valence-electron chi connectivity index (χ3n) is 1.38. The molecule has 0 aromatic heterocycles. The predicted molar refractivity (Wildman–Crippen MR) is 45.3 cm³/mol. The van der Waals surface area contributed by atoms with E-state index in [4.69, 9.17) is 0 Å². The molecule has 0 aliphatic heterocycles. The van der Waals surface area contributed by atoms with Crippen LogP contribution in [0.25, 0.3) is 0 Å². The molecule has 0 bridgehead atoms. The van der Waals surface area contributed by atoms with Crippen molar-refractivity contribution < 1.29 is 0 Å². The van der Waals surface area contributed by atoms with E-state index in [-0.39, 0.29) is 0 Å². The van der Waals surface area contributed by atoms with Gasteiger partial charge in [0.1, 0.15) is 0 Å². The molecule has 0 aliphatic rings. The maximum atomic E-state index is 3.56. The van der Waals surface area contributed by atoms with Gasteiger partial charge in [-0.25, -0.2) is 0 Å². The van der Waals surface area contributed by atoms with Crippen LogP contribution in [0.1, 0.15) is 12.5 Å². The first kappa shape index (κ1) is 7.54. The normalized spacial score (nSPS) is 13.0. The second kappa shape index (κ2) is 3.57. The molecule has 0 aliphatic carbocycles. The molecule has 10 heavy (non-hydrogen) atoms.